The van der Waals surface area contributed by atoms with Crippen LogP contribution >= 0.6 is 22.9 Å². The molecule has 1 aliphatic rings. The van der Waals surface area contributed by atoms with Crippen molar-refractivity contribution >= 4 is 22.9 Å². The second kappa shape index (κ2) is 7.07. The van der Waals surface area contributed by atoms with E-state index in [-0.39, 0.29) is 6.10 Å². The monoisotopic (exact) mass is 359 g/mol. The largest absolute Gasteiger partial charge is 0.371 e. The zero-order chi connectivity index (χ0) is 16.4. The Morgan fingerprint density at radius 1 is 1.21 bits per heavy atom. The van der Waals surface area contributed by atoms with Gasteiger partial charge >= 0.3 is 0 Å². The summed E-state index contributed by atoms with van der Waals surface area (Å²) in [6, 6.07) is 12.1. The van der Waals surface area contributed by atoms with Crippen LogP contribution in [0.4, 0.5) is 0 Å². The van der Waals surface area contributed by atoms with Crippen LogP contribution in [0.3, 0.4) is 0 Å². The van der Waals surface area contributed by atoms with Crippen LogP contribution in [-0.2, 0) is 11.4 Å². The molecule has 1 aromatic carbocycles. The second-order valence-corrected chi connectivity index (χ2v) is 7.10. The molecule has 6 heteroatoms. The van der Waals surface area contributed by atoms with Crippen molar-refractivity contribution in [3.05, 3.63) is 63.9 Å². The molecule has 1 aliphatic heterocycles. The molecule has 0 bridgehead atoms. The van der Waals surface area contributed by atoms with Crippen molar-refractivity contribution in [3.8, 4) is 11.3 Å². The van der Waals surface area contributed by atoms with Crippen LogP contribution in [0.25, 0.3) is 11.3 Å². The third-order valence-corrected chi connectivity index (χ3v) is 5.13. The molecule has 0 saturated carbocycles. The average molecular weight is 360 g/mol. The van der Waals surface area contributed by atoms with Gasteiger partial charge in [-0.1, -0.05) is 23.7 Å². The van der Waals surface area contributed by atoms with Gasteiger partial charge in [0.1, 0.15) is 0 Å². The third kappa shape index (κ3) is 3.54. The Morgan fingerprint density at radius 3 is 2.88 bits per heavy atom. The molecule has 3 aromatic rings. The number of nitrogens with zero attached hydrogens (tertiary/aromatic N) is 3. The highest BCUT2D eigenvalue weighted by Gasteiger charge is 2.22. The van der Waals surface area contributed by atoms with Gasteiger partial charge in [-0.2, -0.15) is 16.4 Å². The van der Waals surface area contributed by atoms with Crippen LogP contribution in [0.2, 0.25) is 5.02 Å². The minimum atomic E-state index is 0.0860. The normalized spacial score (nSPS) is 18.8. The summed E-state index contributed by atoms with van der Waals surface area (Å²) >= 11 is 7.66. The summed E-state index contributed by atoms with van der Waals surface area (Å²) < 4.78 is 7.92. The van der Waals surface area contributed by atoms with Gasteiger partial charge in [-0.3, -0.25) is 9.58 Å². The van der Waals surface area contributed by atoms with Gasteiger partial charge in [-0.15, -0.1) is 0 Å². The maximum Gasteiger partial charge on any atom is 0.0953 e. The first-order valence-electron chi connectivity index (χ1n) is 7.93. The van der Waals surface area contributed by atoms with Crippen LogP contribution in [0.15, 0.2) is 53.4 Å². The Balaban J connectivity index is 1.42. The molecule has 1 fully saturated rings. The summed E-state index contributed by atoms with van der Waals surface area (Å²) in [5, 5.41) is 9.63. The molecular formula is C18H18ClN3OS. The molecule has 2 aromatic heterocycles. The molecule has 124 valence electrons. The van der Waals surface area contributed by atoms with Crippen LogP contribution in [0.5, 0.6) is 0 Å². The third-order valence-electron chi connectivity index (χ3n) is 4.19. The van der Waals surface area contributed by atoms with E-state index in [1.54, 1.807) is 11.3 Å². The van der Waals surface area contributed by atoms with E-state index in [2.05, 4.69) is 32.9 Å². The maximum atomic E-state index is 5.97. The molecular weight excluding hydrogens is 342 g/mol. The smallest absolute Gasteiger partial charge is 0.0953 e. The Bertz CT molecular complexity index is 785. The van der Waals surface area contributed by atoms with Gasteiger partial charge < -0.3 is 4.74 Å². The van der Waals surface area contributed by atoms with E-state index in [9.17, 15) is 0 Å². The molecule has 1 unspecified atom stereocenters. The highest BCUT2D eigenvalue weighted by Crippen LogP contribution is 2.24. The zero-order valence-corrected chi connectivity index (χ0v) is 14.7. The lowest BCUT2D eigenvalue weighted by molar-refractivity contribution is -0.0416. The summed E-state index contributed by atoms with van der Waals surface area (Å²) in [7, 11) is 0. The number of thiophene rings is 1. The van der Waals surface area contributed by atoms with Gasteiger partial charge in [-0.25, -0.2) is 0 Å². The van der Waals surface area contributed by atoms with E-state index in [1.807, 2.05) is 35.1 Å². The quantitative estimate of drug-likeness (QED) is 0.696. The predicted molar refractivity (Wildman–Crippen MR) is 97.3 cm³/mol. The fraction of sp³-hybridized carbons (Fsp3) is 0.278. The van der Waals surface area contributed by atoms with Crippen LogP contribution in [0, 0.1) is 0 Å². The lowest BCUT2D eigenvalue weighted by atomic mass is 10.1. The number of benzene rings is 1. The molecule has 4 nitrogen and oxygen atoms in total. The van der Waals surface area contributed by atoms with Gasteiger partial charge in [0.15, 0.2) is 0 Å². The van der Waals surface area contributed by atoms with Gasteiger partial charge in [-0.05, 0) is 35.2 Å². The van der Waals surface area contributed by atoms with Crippen molar-refractivity contribution in [1.29, 1.82) is 0 Å². The topological polar surface area (TPSA) is 30.3 Å². The van der Waals surface area contributed by atoms with E-state index in [0.717, 1.165) is 37.1 Å². The van der Waals surface area contributed by atoms with Crippen LogP contribution in [-0.4, -0.2) is 34.4 Å². The lowest BCUT2D eigenvalue weighted by Gasteiger charge is -2.33. The summed E-state index contributed by atoms with van der Waals surface area (Å²) in [5.74, 6) is 0. The highest BCUT2D eigenvalue weighted by atomic mass is 35.5. The molecule has 4 rings (SSSR count). The number of aromatic nitrogens is 2. The van der Waals surface area contributed by atoms with Gasteiger partial charge in [0.05, 0.1) is 25.1 Å². The summed E-state index contributed by atoms with van der Waals surface area (Å²) in [5.41, 5.74) is 3.38. The van der Waals surface area contributed by atoms with Crippen molar-refractivity contribution in [1.82, 2.24) is 14.7 Å². The number of rotatable bonds is 4. The molecule has 3 heterocycles. The summed E-state index contributed by atoms with van der Waals surface area (Å²) in [6.45, 7) is 3.27. The minimum Gasteiger partial charge on any atom is -0.371 e. The lowest BCUT2D eigenvalue weighted by Crippen LogP contribution is -2.39. The molecule has 0 aliphatic carbocycles. The minimum absolute atomic E-state index is 0.0860. The summed E-state index contributed by atoms with van der Waals surface area (Å²) in [6.07, 6.45) is 2.13. The summed E-state index contributed by atoms with van der Waals surface area (Å²) in [4.78, 5) is 2.37. The molecule has 24 heavy (non-hydrogen) atoms. The second-order valence-electron chi connectivity index (χ2n) is 5.88. The van der Waals surface area contributed by atoms with E-state index < -0.39 is 0 Å². The first-order valence-corrected chi connectivity index (χ1v) is 9.25. The van der Waals surface area contributed by atoms with E-state index in [4.69, 9.17) is 16.3 Å². The molecule has 0 amide bonds. The number of hydrogen-bond donors (Lipinski definition) is 0. The molecule has 0 spiro atoms. The number of hydrogen-bond acceptors (Lipinski definition) is 4. The maximum absolute atomic E-state index is 5.97. The van der Waals surface area contributed by atoms with E-state index in [1.165, 1.54) is 11.1 Å². The number of morpholine rings is 1. The predicted octanol–water partition coefficient (Wildman–Crippen LogP) is 4.30. The Kier molecular flexibility index (Phi) is 4.67. The first kappa shape index (κ1) is 15.8. The number of halogens is 1. The molecule has 1 atom stereocenters. The van der Waals surface area contributed by atoms with Gasteiger partial charge in [0, 0.05) is 35.3 Å². The van der Waals surface area contributed by atoms with Crippen molar-refractivity contribution in [2.75, 3.05) is 19.7 Å². The Morgan fingerprint density at radius 2 is 2.08 bits per heavy atom. The van der Waals surface area contributed by atoms with Gasteiger partial charge in [0.2, 0.25) is 0 Å². The highest BCUT2D eigenvalue weighted by molar-refractivity contribution is 7.08. The first-order chi connectivity index (χ1) is 11.8. The average Bonchev–Trinajstić information content (AvgIpc) is 3.27. The van der Waals surface area contributed by atoms with E-state index in [0.29, 0.717) is 0 Å². The van der Waals surface area contributed by atoms with E-state index >= 15 is 0 Å². The Hall–Kier alpha value is -1.66. The van der Waals surface area contributed by atoms with Crippen molar-refractivity contribution in [2.45, 2.75) is 12.8 Å². The fourth-order valence-corrected chi connectivity index (χ4v) is 3.70. The van der Waals surface area contributed by atoms with Crippen LogP contribution < -0.4 is 0 Å². The van der Waals surface area contributed by atoms with Crippen LogP contribution in [0.1, 0.15) is 11.7 Å². The standard InChI is InChI=1S/C18H18ClN3OS/c19-16-3-1-14(2-4-16)18-11-21(8-9-23-18)13-22-7-5-17(20-22)15-6-10-24-12-15/h1-7,10,12,18H,8-9,11,13H2. The Labute approximate surface area is 150 Å². The molecule has 0 radical (unpaired) electrons. The van der Waals surface area contributed by atoms with Gasteiger partial charge in [0.25, 0.3) is 0 Å². The number of ether oxygens (including phenoxy) is 1. The zero-order valence-electron chi connectivity index (χ0n) is 13.1. The van der Waals surface area contributed by atoms with Crippen molar-refractivity contribution in [2.24, 2.45) is 0 Å². The fourth-order valence-electron chi connectivity index (χ4n) is 2.92. The molecule has 0 N–H and O–H groups in total. The van der Waals surface area contributed by atoms with Crippen molar-refractivity contribution in [3.63, 3.8) is 0 Å². The SMILES string of the molecule is Clc1ccc(C2CN(Cn3ccc(-c4ccsc4)n3)CCO2)cc1. The van der Waals surface area contributed by atoms with Crippen molar-refractivity contribution < 1.29 is 4.74 Å². The molecule has 1 saturated heterocycles.